The van der Waals surface area contributed by atoms with Crippen molar-refractivity contribution >= 4 is 33.5 Å². The van der Waals surface area contributed by atoms with Gasteiger partial charge >= 0.3 is 5.97 Å². The number of hydrogen-bond acceptors (Lipinski definition) is 2. The van der Waals surface area contributed by atoms with E-state index in [1.54, 1.807) is 6.07 Å². The molecule has 5 heteroatoms. The van der Waals surface area contributed by atoms with Gasteiger partial charge in [-0.05, 0) is 37.9 Å². The average Bonchev–Trinajstić information content (AvgIpc) is 2.18. The summed E-state index contributed by atoms with van der Waals surface area (Å²) in [4.78, 5) is 12.7. The largest absolute Gasteiger partial charge is 0.481 e. The molecule has 3 nitrogen and oxygen atoms in total. The molecule has 0 bridgehead atoms. The molecule has 0 aliphatic carbocycles. The Balaban J connectivity index is 3.09. The molecule has 0 radical (unpaired) electrons. The van der Waals surface area contributed by atoms with Crippen molar-refractivity contribution in [2.24, 2.45) is 0 Å². The Morgan fingerprint density at radius 3 is 2.69 bits per heavy atom. The fourth-order valence-corrected chi connectivity index (χ4v) is 2.13. The molecule has 1 atom stereocenters. The van der Waals surface area contributed by atoms with Gasteiger partial charge in [-0.15, -0.1) is 0 Å². The molecule has 0 fully saturated rings. The molecule has 16 heavy (non-hydrogen) atoms. The van der Waals surface area contributed by atoms with Gasteiger partial charge in [-0.1, -0.05) is 27.5 Å². The molecule has 1 unspecified atom stereocenters. The van der Waals surface area contributed by atoms with Crippen LogP contribution in [-0.2, 0) is 4.79 Å². The first-order valence-electron chi connectivity index (χ1n) is 4.75. The highest BCUT2D eigenvalue weighted by atomic mass is 79.9. The molecule has 88 valence electrons. The third kappa shape index (κ3) is 3.47. The molecular formula is C11H13BrClNO2. The van der Waals surface area contributed by atoms with Crippen molar-refractivity contribution in [3.05, 3.63) is 33.3 Å². The lowest BCUT2D eigenvalue weighted by Gasteiger charge is -2.24. The van der Waals surface area contributed by atoms with Crippen LogP contribution in [0.15, 0.2) is 22.7 Å². The van der Waals surface area contributed by atoms with Crippen LogP contribution >= 0.6 is 27.5 Å². The zero-order valence-corrected chi connectivity index (χ0v) is 11.4. The Bertz CT molecular complexity index is 396. The van der Waals surface area contributed by atoms with Crippen LogP contribution in [0, 0.1) is 0 Å². The quantitative estimate of drug-likeness (QED) is 0.929. The monoisotopic (exact) mass is 305 g/mol. The van der Waals surface area contributed by atoms with Crippen LogP contribution in [0.5, 0.6) is 0 Å². The molecule has 0 spiro atoms. The Hall–Kier alpha value is -0.580. The lowest BCUT2D eigenvalue weighted by Crippen LogP contribution is -2.23. The molecule has 0 amide bonds. The van der Waals surface area contributed by atoms with Gasteiger partial charge in [0.25, 0.3) is 0 Å². The second-order valence-electron chi connectivity index (χ2n) is 3.74. The van der Waals surface area contributed by atoms with Crippen molar-refractivity contribution in [3.63, 3.8) is 0 Å². The van der Waals surface area contributed by atoms with Crippen molar-refractivity contribution in [2.45, 2.75) is 12.5 Å². The van der Waals surface area contributed by atoms with E-state index in [4.69, 9.17) is 16.7 Å². The first-order valence-corrected chi connectivity index (χ1v) is 5.92. The minimum Gasteiger partial charge on any atom is -0.481 e. The summed E-state index contributed by atoms with van der Waals surface area (Å²) in [5.41, 5.74) is 0.823. The van der Waals surface area contributed by atoms with Gasteiger partial charge in [0, 0.05) is 15.5 Å². The van der Waals surface area contributed by atoms with E-state index < -0.39 is 5.97 Å². The highest BCUT2D eigenvalue weighted by Gasteiger charge is 2.20. The van der Waals surface area contributed by atoms with Crippen molar-refractivity contribution in [2.75, 3.05) is 14.1 Å². The van der Waals surface area contributed by atoms with Crippen LogP contribution < -0.4 is 0 Å². The molecule has 0 aliphatic heterocycles. The zero-order chi connectivity index (χ0) is 12.3. The summed E-state index contributed by atoms with van der Waals surface area (Å²) >= 11 is 9.43. The van der Waals surface area contributed by atoms with Crippen LogP contribution in [0.3, 0.4) is 0 Å². The van der Waals surface area contributed by atoms with E-state index in [0.717, 1.165) is 10.0 Å². The van der Waals surface area contributed by atoms with Crippen molar-refractivity contribution in [1.29, 1.82) is 0 Å². The maximum absolute atomic E-state index is 10.8. The SMILES string of the molecule is CN(C)C(CC(=O)O)c1cc(Br)ccc1Cl. The number of hydrogen-bond donors (Lipinski definition) is 1. The third-order valence-corrected chi connectivity index (χ3v) is 3.15. The first-order chi connectivity index (χ1) is 7.41. The highest BCUT2D eigenvalue weighted by Crippen LogP contribution is 2.31. The fourth-order valence-electron chi connectivity index (χ4n) is 1.51. The van der Waals surface area contributed by atoms with Gasteiger partial charge in [0.05, 0.1) is 6.42 Å². The van der Waals surface area contributed by atoms with Crippen LogP contribution in [-0.4, -0.2) is 30.1 Å². The maximum Gasteiger partial charge on any atom is 0.305 e. The molecule has 1 aromatic carbocycles. The number of halogens is 2. The normalized spacial score (nSPS) is 12.8. The topological polar surface area (TPSA) is 40.5 Å². The lowest BCUT2D eigenvalue weighted by atomic mass is 10.0. The lowest BCUT2D eigenvalue weighted by molar-refractivity contribution is -0.138. The summed E-state index contributed by atoms with van der Waals surface area (Å²) in [5, 5.41) is 9.46. The van der Waals surface area contributed by atoms with E-state index in [-0.39, 0.29) is 12.5 Å². The van der Waals surface area contributed by atoms with E-state index in [1.807, 2.05) is 31.1 Å². The number of benzene rings is 1. The smallest absolute Gasteiger partial charge is 0.305 e. The summed E-state index contributed by atoms with van der Waals surface area (Å²) in [6.45, 7) is 0. The molecule has 1 aromatic rings. The van der Waals surface area contributed by atoms with Gasteiger partial charge in [0.1, 0.15) is 0 Å². The molecule has 1 rings (SSSR count). The van der Waals surface area contributed by atoms with Crippen LogP contribution in [0.25, 0.3) is 0 Å². The molecule has 0 saturated heterocycles. The second-order valence-corrected chi connectivity index (χ2v) is 5.07. The van der Waals surface area contributed by atoms with Crippen LogP contribution in [0.1, 0.15) is 18.0 Å². The number of carboxylic acids is 1. The Morgan fingerprint density at radius 2 is 2.19 bits per heavy atom. The molecule has 0 heterocycles. The fraction of sp³-hybridized carbons (Fsp3) is 0.364. The summed E-state index contributed by atoms with van der Waals surface area (Å²) in [5.74, 6) is -0.838. The molecule has 1 N–H and O–H groups in total. The van der Waals surface area contributed by atoms with Crippen LogP contribution in [0.4, 0.5) is 0 Å². The van der Waals surface area contributed by atoms with Gasteiger partial charge in [0.15, 0.2) is 0 Å². The van der Waals surface area contributed by atoms with Gasteiger partial charge in [-0.25, -0.2) is 0 Å². The van der Waals surface area contributed by atoms with Gasteiger partial charge < -0.3 is 10.0 Å². The second kappa shape index (κ2) is 5.66. The Morgan fingerprint density at radius 1 is 1.56 bits per heavy atom. The molecule has 0 saturated carbocycles. The predicted octanol–water partition coefficient (Wildman–Crippen LogP) is 3.18. The number of carboxylic acid groups (broad SMARTS) is 1. The van der Waals surface area contributed by atoms with E-state index in [9.17, 15) is 4.79 Å². The third-order valence-electron chi connectivity index (χ3n) is 2.31. The highest BCUT2D eigenvalue weighted by molar-refractivity contribution is 9.10. The van der Waals surface area contributed by atoms with Gasteiger partial charge in [-0.3, -0.25) is 4.79 Å². The maximum atomic E-state index is 10.8. The minimum atomic E-state index is -0.838. The first kappa shape index (κ1) is 13.5. The van der Waals surface area contributed by atoms with Crippen molar-refractivity contribution in [1.82, 2.24) is 4.90 Å². The van der Waals surface area contributed by atoms with Gasteiger partial charge in [-0.2, -0.15) is 0 Å². The zero-order valence-electron chi connectivity index (χ0n) is 9.08. The summed E-state index contributed by atoms with van der Waals surface area (Å²) in [7, 11) is 3.68. The summed E-state index contributed by atoms with van der Waals surface area (Å²) in [6.07, 6.45) is 0.0309. The number of aliphatic carboxylic acids is 1. The van der Waals surface area contributed by atoms with Crippen molar-refractivity contribution in [3.8, 4) is 0 Å². The predicted molar refractivity (Wildman–Crippen MR) is 67.8 cm³/mol. The number of rotatable bonds is 4. The van der Waals surface area contributed by atoms with Gasteiger partial charge in [0.2, 0.25) is 0 Å². The minimum absolute atomic E-state index is 0.0309. The van der Waals surface area contributed by atoms with E-state index in [1.165, 1.54) is 0 Å². The van der Waals surface area contributed by atoms with E-state index >= 15 is 0 Å². The number of nitrogens with zero attached hydrogens (tertiary/aromatic N) is 1. The molecular weight excluding hydrogens is 293 g/mol. The summed E-state index contributed by atoms with van der Waals surface area (Å²) in [6, 6.07) is 5.23. The number of carbonyl (C=O) groups is 1. The Labute approximate surface area is 108 Å². The molecule has 0 aromatic heterocycles. The standard InChI is InChI=1S/C11H13BrClNO2/c1-14(2)10(6-11(15)16)8-5-7(12)3-4-9(8)13/h3-5,10H,6H2,1-2H3,(H,15,16). The van der Waals surface area contributed by atoms with E-state index in [0.29, 0.717) is 5.02 Å². The van der Waals surface area contributed by atoms with Crippen LogP contribution in [0.2, 0.25) is 5.02 Å². The van der Waals surface area contributed by atoms with E-state index in [2.05, 4.69) is 15.9 Å². The molecule has 0 aliphatic rings. The summed E-state index contributed by atoms with van der Waals surface area (Å²) < 4.78 is 0.893. The average molecular weight is 307 g/mol. The Kier molecular flexibility index (Phi) is 4.77. The van der Waals surface area contributed by atoms with Crippen molar-refractivity contribution < 1.29 is 9.90 Å².